The minimum atomic E-state index is -0.339. The minimum absolute atomic E-state index is 0.248. The third-order valence-electron chi connectivity index (χ3n) is 4.85. The number of fused-ring (bicyclic) bond motifs is 3. The van der Waals surface area contributed by atoms with E-state index in [-0.39, 0.29) is 11.8 Å². The van der Waals surface area contributed by atoms with E-state index in [1.165, 1.54) is 30.5 Å². The second-order valence-corrected chi connectivity index (χ2v) is 6.45. The van der Waals surface area contributed by atoms with Crippen molar-refractivity contribution in [2.45, 2.75) is 13.0 Å². The van der Waals surface area contributed by atoms with E-state index in [4.69, 9.17) is 4.74 Å². The van der Waals surface area contributed by atoms with Gasteiger partial charge in [-0.2, -0.15) is 0 Å². The molecule has 0 saturated carbocycles. The summed E-state index contributed by atoms with van der Waals surface area (Å²) in [5, 5.41) is 1.05. The van der Waals surface area contributed by atoms with Crippen LogP contribution in [-0.2, 0) is 17.7 Å². The number of likely N-dealkylation sites (N-methyl/N-ethyl adjacent to an activating group) is 1. The molecule has 0 spiro atoms. The number of ether oxygens (including phenoxy) is 1. The molecule has 0 N–H and O–H groups in total. The molecule has 0 unspecified atom stereocenters. The molecule has 3 aromatic rings. The van der Waals surface area contributed by atoms with Crippen LogP contribution in [0.1, 0.15) is 21.6 Å². The normalized spacial score (nSPS) is 14.5. The van der Waals surface area contributed by atoms with Crippen LogP contribution in [0.2, 0.25) is 0 Å². The van der Waals surface area contributed by atoms with Crippen LogP contribution < -0.4 is 0 Å². The molecule has 4 nitrogen and oxygen atoms in total. The van der Waals surface area contributed by atoms with E-state index in [0.717, 1.165) is 36.1 Å². The maximum atomic E-state index is 13.3. The molecular formula is C20H19FN2O2. The van der Waals surface area contributed by atoms with Gasteiger partial charge in [-0.15, -0.1) is 0 Å². The molecule has 0 saturated heterocycles. The van der Waals surface area contributed by atoms with Gasteiger partial charge in [0.1, 0.15) is 5.82 Å². The standard InChI is InChI=1S/C20H19FN2O2/c1-22-10-9-19-17(12-22)16-11-13(20(24)25-2)3-8-18(16)23(19)15-6-4-14(21)5-7-15/h3-8,11H,9-10,12H2,1-2H3. The van der Waals surface area contributed by atoms with Gasteiger partial charge >= 0.3 is 5.97 Å². The van der Waals surface area contributed by atoms with Crippen LogP contribution >= 0.6 is 0 Å². The lowest BCUT2D eigenvalue weighted by atomic mass is 10.0. The van der Waals surface area contributed by atoms with Crippen LogP contribution in [0.25, 0.3) is 16.6 Å². The van der Waals surface area contributed by atoms with Crippen LogP contribution in [0.3, 0.4) is 0 Å². The summed E-state index contributed by atoms with van der Waals surface area (Å²) in [6.45, 7) is 1.79. The quantitative estimate of drug-likeness (QED) is 0.670. The fourth-order valence-electron chi connectivity index (χ4n) is 3.62. The number of benzene rings is 2. The molecule has 4 rings (SSSR count). The monoisotopic (exact) mass is 338 g/mol. The van der Waals surface area contributed by atoms with Crippen LogP contribution in [0.4, 0.5) is 4.39 Å². The van der Waals surface area contributed by atoms with Gasteiger partial charge in [0, 0.05) is 36.3 Å². The zero-order valence-corrected chi connectivity index (χ0v) is 14.3. The topological polar surface area (TPSA) is 34.5 Å². The molecule has 25 heavy (non-hydrogen) atoms. The van der Waals surface area contributed by atoms with Crippen LogP contribution in [0.5, 0.6) is 0 Å². The molecule has 128 valence electrons. The summed E-state index contributed by atoms with van der Waals surface area (Å²) < 4.78 is 20.4. The predicted molar refractivity (Wildman–Crippen MR) is 94.6 cm³/mol. The first kappa shape index (κ1) is 15.8. The third-order valence-corrected chi connectivity index (χ3v) is 4.85. The molecular weight excluding hydrogens is 319 g/mol. The number of hydrogen-bond donors (Lipinski definition) is 0. The number of hydrogen-bond acceptors (Lipinski definition) is 3. The van der Waals surface area contributed by atoms with E-state index >= 15 is 0 Å². The number of methoxy groups -OCH3 is 1. The molecule has 1 aromatic heterocycles. The lowest BCUT2D eigenvalue weighted by molar-refractivity contribution is 0.0601. The molecule has 0 aliphatic carbocycles. The molecule has 0 bridgehead atoms. The first-order valence-electron chi connectivity index (χ1n) is 8.27. The Hall–Kier alpha value is -2.66. The molecule has 0 radical (unpaired) electrons. The van der Waals surface area contributed by atoms with Crippen LogP contribution in [0, 0.1) is 5.82 Å². The van der Waals surface area contributed by atoms with Crippen molar-refractivity contribution in [3.8, 4) is 5.69 Å². The highest BCUT2D eigenvalue weighted by molar-refractivity contribution is 5.97. The van der Waals surface area contributed by atoms with Gasteiger partial charge in [0.15, 0.2) is 0 Å². The number of halogens is 1. The highest BCUT2D eigenvalue weighted by Crippen LogP contribution is 2.34. The molecule has 2 heterocycles. The van der Waals surface area contributed by atoms with Gasteiger partial charge in [-0.1, -0.05) is 0 Å². The summed E-state index contributed by atoms with van der Waals surface area (Å²) in [6.07, 6.45) is 0.908. The van der Waals surface area contributed by atoms with E-state index in [1.807, 2.05) is 12.1 Å². The van der Waals surface area contributed by atoms with E-state index in [2.05, 4.69) is 16.5 Å². The highest BCUT2D eigenvalue weighted by atomic mass is 19.1. The molecule has 1 aliphatic heterocycles. The average molecular weight is 338 g/mol. The third kappa shape index (κ3) is 2.61. The Morgan fingerprint density at radius 1 is 1.16 bits per heavy atom. The number of aromatic nitrogens is 1. The van der Waals surface area contributed by atoms with Crippen molar-refractivity contribution in [1.82, 2.24) is 9.47 Å². The number of carbonyl (C=O) groups is 1. The minimum Gasteiger partial charge on any atom is -0.465 e. The van der Waals surface area contributed by atoms with Crippen LogP contribution in [0.15, 0.2) is 42.5 Å². The van der Waals surface area contributed by atoms with Gasteiger partial charge in [0.05, 0.1) is 18.2 Å². The van der Waals surface area contributed by atoms with E-state index in [0.29, 0.717) is 5.56 Å². The van der Waals surface area contributed by atoms with Gasteiger partial charge in [-0.05, 0) is 55.1 Å². The highest BCUT2D eigenvalue weighted by Gasteiger charge is 2.24. The van der Waals surface area contributed by atoms with Gasteiger partial charge in [-0.25, -0.2) is 9.18 Å². The van der Waals surface area contributed by atoms with Gasteiger partial charge in [0.25, 0.3) is 0 Å². The predicted octanol–water partition coefficient (Wildman–Crippen LogP) is 3.54. The largest absolute Gasteiger partial charge is 0.465 e. The summed E-state index contributed by atoms with van der Waals surface area (Å²) in [7, 11) is 3.48. The SMILES string of the molecule is COC(=O)c1ccc2c(c1)c1c(n2-c2ccc(F)cc2)CCN(C)C1. The van der Waals surface area contributed by atoms with Crippen molar-refractivity contribution in [1.29, 1.82) is 0 Å². The lowest BCUT2D eigenvalue weighted by Gasteiger charge is -2.24. The van der Waals surface area contributed by atoms with Crippen molar-refractivity contribution < 1.29 is 13.9 Å². The Morgan fingerprint density at radius 3 is 2.64 bits per heavy atom. The summed E-state index contributed by atoms with van der Waals surface area (Å²) in [5.74, 6) is -0.587. The molecule has 1 aliphatic rings. The van der Waals surface area contributed by atoms with E-state index < -0.39 is 0 Å². The van der Waals surface area contributed by atoms with Crippen molar-refractivity contribution in [3.05, 3.63) is 65.1 Å². The van der Waals surface area contributed by atoms with Gasteiger partial charge < -0.3 is 14.2 Å². The molecule has 0 atom stereocenters. The fourth-order valence-corrected chi connectivity index (χ4v) is 3.62. The lowest BCUT2D eigenvalue weighted by Crippen LogP contribution is -2.27. The fraction of sp³-hybridized carbons (Fsp3) is 0.250. The summed E-state index contributed by atoms with van der Waals surface area (Å²) in [5.41, 5.74) is 4.95. The molecule has 0 fully saturated rings. The Morgan fingerprint density at radius 2 is 1.92 bits per heavy atom. The Labute approximate surface area is 145 Å². The number of carbonyl (C=O) groups excluding carboxylic acids is 1. The zero-order chi connectivity index (χ0) is 17.6. The zero-order valence-electron chi connectivity index (χ0n) is 14.3. The van der Waals surface area contributed by atoms with E-state index in [9.17, 15) is 9.18 Å². The van der Waals surface area contributed by atoms with Crippen molar-refractivity contribution in [2.75, 3.05) is 20.7 Å². The molecule has 2 aromatic carbocycles. The van der Waals surface area contributed by atoms with Crippen molar-refractivity contribution in [2.24, 2.45) is 0 Å². The number of rotatable bonds is 2. The van der Waals surface area contributed by atoms with Crippen LogP contribution in [-0.4, -0.2) is 36.1 Å². The number of esters is 1. The Balaban J connectivity index is 1.99. The summed E-state index contributed by atoms with van der Waals surface area (Å²) >= 11 is 0. The second-order valence-electron chi connectivity index (χ2n) is 6.45. The Kier molecular flexibility index (Phi) is 3.81. The average Bonchev–Trinajstić information content (AvgIpc) is 2.94. The Bertz CT molecular complexity index is 960. The first-order valence-corrected chi connectivity index (χ1v) is 8.27. The summed E-state index contributed by atoms with van der Waals surface area (Å²) in [6, 6.07) is 12.2. The maximum absolute atomic E-state index is 13.3. The maximum Gasteiger partial charge on any atom is 0.337 e. The van der Waals surface area contributed by atoms with Crippen molar-refractivity contribution in [3.63, 3.8) is 0 Å². The molecule has 0 amide bonds. The smallest absolute Gasteiger partial charge is 0.337 e. The van der Waals surface area contributed by atoms with Crippen molar-refractivity contribution >= 4 is 16.9 Å². The second kappa shape index (κ2) is 6.01. The van der Waals surface area contributed by atoms with Gasteiger partial charge in [-0.3, -0.25) is 0 Å². The van der Waals surface area contributed by atoms with Gasteiger partial charge in [0.2, 0.25) is 0 Å². The molecule has 5 heteroatoms. The number of nitrogens with zero attached hydrogens (tertiary/aromatic N) is 2. The first-order chi connectivity index (χ1) is 12.1. The summed E-state index contributed by atoms with van der Waals surface area (Å²) in [4.78, 5) is 14.2. The van der Waals surface area contributed by atoms with E-state index in [1.54, 1.807) is 18.2 Å².